The second kappa shape index (κ2) is 3.77. The van der Waals surface area contributed by atoms with Gasteiger partial charge in [-0.25, -0.2) is 4.79 Å². The van der Waals surface area contributed by atoms with E-state index >= 15 is 0 Å². The molecule has 1 aliphatic heterocycles. The summed E-state index contributed by atoms with van der Waals surface area (Å²) < 4.78 is 0. The highest BCUT2D eigenvalue weighted by Gasteiger charge is 2.39. The van der Waals surface area contributed by atoms with E-state index in [0.717, 1.165) is 4.90 Å². The van der Waals surface area contributed by atoms with Crippen LogP contribution in [0.1, 0.15) is 20.3 Å². The van der Waals surface area contributed by atoms with Gasteiger partial charge in [0.25, 0.3) is 5.91 Å². The van der Waals surface area contributed by atoms with Crippen LogP contribution in [-0.2, 0) is 9.59 Å². The number of nitrogens with zero attached hydrogens (tertiary/aromatic N) is 2. The molecule has 0 aliphatic carbocycles. The average Bonchev–Trinajstić information content (AvgIpc) is 2.29. The molecule has 5 nitrogen and oxygen atoms in total. The van der Waals surface area contributed by atoms with E-state index in [1.807, 2.05) is 0 Å². The number of carbonyl (C=O) groups is 3. The summed E-state index contributed by atoms with van der Waals surface area (Å²) in [6.45, 7) is 3.31. The topological polar surface area (TPSA) is 57.7 Å². The van der Waals surface area contributed by atoms with Crippen molar-refractivity contribution in [2.75, 3.05) is 13.6 Å². The van der Waals surface area contributed by atoms with E-state index in [9.17, 15) is 14.4 Å². The molecule has 1 rings (SSSR count). The lowest BCUT2D eigenvalue weighted by Crippen LogP contribution is -2.33. The Balaban J connectivity index is 2.66. The first-order valence-electron chi connectivity index (χ1n) is 4.52. The fraction of sp³-hybridized carbons (Fsp3) is 0.667. The third-order valence-corrected chi connectivity index (χ3v) is 2.42. The van der Waals surface area contributed by atoms with Gasteiger partial charge in [0.05, 0.1) is 0 Å². The van der Waals surface area contributed by atoms with E-state index in [2.05, 4.69) is 0 Å². The zero-order valence-electron chi connectivity index (χ0n) is 8.61. The normalized spacial score (nSPS) is 22.1. The number of urea groups is 1. The monoisotopic (exact) mass is 198 g/mol. The number of hydrogen-bond acceptors (Lipinski definition) is 3. The minimum absolute atomic E-state index is 0.0205. The summed E-state index contributed by atoms with van der Waals surface area (Å²) in [5.74, 6) is -0.244. The van der Waals surface area contributed by atoms with Crippen molar-refractivity contribution in [3.05, 3.63) is 0 Å². The number of hydrogen-bond donors (Lipinski definition) is 0. The van der Waals surface area contributed by atoms with Crippen molar-refractivity contribution in [1.29, 1.82) is 0 Å². The fourth-order valence-electron chi connectivity index (χ4n) is 1.32. The first-order chi connectivity index (χ1) is 6.45. The molecule has 1 unspecified atom stereocenters. The second-order valence-corrected chi connectivity index (χ2v) is 3.51. The van der Waals surface area contributed by atoms with Gasteiger partial charge in [0.15, 0.2) is 0 Å². The molecule has 0 bridgehead atoms. The van der Waals surface area contributed by atoms with Crippen LogP contribution in [0.2, 0.25) is 0 Å². The molecule has 0 radical (unpaired) electrons. The highest BCUT2D eigenvalue weighted by atomic mass is 16.2. The maximum absolute atomic E-state index is 11.5. The van der Waals surface area contributed by atoms with Crippen LogP contribution < -0.4 is 0 Å². The highest BCUT2D eigenvalue weighted by Crippen LogP contribution is 2.15. The molecule has 0 N–H and O–H groups in total. The van der Waals surface area contributed by atoms with Crippen molar-refractivity contribution in [3.63, 3.8) is 0 Å². The summed E-state index contributed by atoms with van der Waals surface area (Å²) >= 11 is 0. The molecule has 1 atom stereocenters. The molecule has 0 aromatic carbocycles. The van der Waals surface area contributed by atoms with E-state index in [4.69, 9.17) is 0 Å². The lowest BCUT2D eigenvalue weighted by molar-refractivity contribution is -0.128. The van der Waals surface area contributed by atoms with Crippen molar-refractivity contribution >= 4 is 17.7 Å². The first kappa shape index (κ1) is 10.7. The van der Waals surface area contributed by atoms with E-state index < -0.39 is 6.04 Å². The molecule has 1 heterocycles. The number of carbonyl (C=O) groups excluding carboxylic acids is 3. The van der Waals surface area contributed by atoms with Crippen molar-refractivity contribution in [2.24, 2.45) is 0 Å². The Hall–Kier alpha value is -1.39. The number of ketones is 1. The van der Waals surface area contributed by atoms with E-state index in [0.29, 0.717) is 0 Å². The molecule has 3 amide bonds. The number of amides is 3. The Kier molecular flexibility index (Phi) is 2.88. The molecular formula is C9H14N2O3. The summed E-state index contributed by atoms with van der Waals surface area (Å²) in [6, 6.07) is -0.724. The summed E-state index contributed by atoms with van der Waals surface area (Å²) in [5, 5.41) is 0. The molecule has 14 heavy (non-hydrogen) atoms. The van der Waals surface area contributed by atoms with Gasteiger partial charge < -0.3 is 4.90 Å². The maximum atomic E-state index is 11.5. The Morgan fingerprint density at radius 1 is 1.43 bits per heavy atom. The second-order valence-electron chi connectivity index (χ2n) is 3.51. The van der Waals surface area contributed by atoms with Gasteiger partial charge in [-0.3, -0.25) is 14.5 Å². The number of Topliss-reactive ketones (excluding diaryl/α,β-unsaturated/α-hetero) is 1. The largest absolute Gasteiger partial charge is 0.327 e. The van der Waals surface area contributed by atoms with Gasteiger partial charge >= 0.3 is 6.03 Å². The van der Waals surface area contributed by atoms with Crippen LogP contribution in [0.4, 0.5) is 4.79 Å². The summed E-state index contributed by atoms with van der Waals surface area (Å²) in [5.41, 5.74) is 0. The fourth-order valence-corrected chi connectivity index (χ4v) is 1.32. The van der Waals surface area contributed by atoms with E-state index in [1.54, 1.807) is 14.0 Å². The molecule has 1 aliphatic rings. The third-order valence-electron chi connectivity index (χ3n) is 2.42. The van der Waals surface area contributed by atoms with Gasteiger partial charge in [-0.1, -0.05) is 0 Å². The van der Waals surface area contributed by atoms with Gasteiger partial charge in [0.1, 0.15) is 11.8 Å². The molecule has 0 aromatic heterocycles. The Bertz CT molecular complexity index is 268. The van der Waals surface area contributed by atoms with Crippen LogP contribution in [0, 0.1) is 0 Å². The van der Waals surface area contributed by atoms with Gasteiger partial charge in [0.2, 0.25) is 0 Å². The van der Waals surface area contributed by atoms with Crippen molar-refractivity contribution in [3.8, 4) is 0 Å². The molecule has 1 fully saturated rings. The van der Waals surface area contributed by atoms with Crippen LogP contribution in [0.25, 0.3) is 0 Å². The zero-order valence-corrected chi connectivity index (χ0v) is 8.61. The van der Waals surface area contributed by atoms with Gasteiger partial charge in [-0.2, -0.15) is 0 Å². The number of imide groups is 1. The standard InChI is InChI=1S/C9H14N2O3/c1-6(12)4-5-11-8(13)7(2)10(3)9(11)14/h7H,4-5H2,1-3H3. The molecule has 0 saturated carbocycles. The van der Waals surface area contributed by atoms with E-state index in [-0.39, 0.29) is 30.7 Å². The highest BCUT2D eigenvalue weighted by molar-refractivity contribution is 6.04. The van der Waals surface area contributed by atoms with E-state index in [1.165, 1.54) is 11.8 Å². The van der Waals surface area contributed by atoms with Crippen LogP contribution in [-0.4, -0.2) is 47.2 Å². The zero-order chi connectivity index (χ0) is 10.9. The minimum Gasteiger partial charge on any atom is -0.316 e. The van der Waals surface area contributed by atoms with Crippen LogP contribution >= 0.6 is 0 Å². The number of rotatable bonds is 3. The lowest BCUT2D eigenvalue weighted by Gasteiger charge is -2.12. The van der Waals surface area contributed by atoms with Crippen molar-refractivity contribution in [1.82, 2.24) is 9.80 Å². The molecule has 0 spiro atoms. The van der Waals surface area contributed by atoms with Crippen molar-refractivity contribution in [2.45, 2.75) is 26.3 Å². The average molecular weight is 198 g/mol. The summed E-state index contributed by atoms with van der Waals surface area (Å²) in [6.07, 6.45) is 0.234. The van der Waals surface area contributed by atoms with Crippen LogP contribution in [0.3, 0.4) is 0 Å². The molecule has 5 heteroatoms. The summed E-state index contributed by atoms with van der Waals surface area (Å²) in [4.78, 5) is 36.2. The maximum Gasteiger partial charge on any atom is 0.327 e. The number of likely N-dealkylation sites (N-methyl/N-ethyl adjacent to an activating group) is 1. The van der Waals surface area contributed by atoms with Gasteiger partial charge in [0, 0.05) is 20.0 Å². The molecule has 0 aromatic rings. The third kappa shape index (κ3) is 1.76. The Morgan fingerprint density at radius 2 is 2.00 bits per heavy atom. The van der Waals surface area contributed by atoms with Crippen LogP contribution in [0.5, 0.6) is 0 Å². The minimum atomic E-state index is -0.408. The van der Waals surface area contributed by atoms with Crippen molar-refractivity contribution < 1.29 is 14.4 Å². The predicted molar refractivity (Wildman–Crippen MR) is 49.6 cm³/mol. The first-order valence-corrected chi connectivity index (χ1v) is 4.52. The summed E-state index contributed by atoms with van der Waals surface area (Å²) in [7, 11) is 1.58. The van der Waals surface area contributed by atoms with Crippen LogP contribution in [0.15, 0.2) is 0 Å². The predicted octanol–water partition coefficient (Wildman–Crippen LogP) is 0.248. The van der Waals surface area contributed by atoms with Gasteiger partial charge in [-0.05, 0) is 13.8 Å². The Labute approximate surface area is 82.7 Å². The SMILES string of the molecule is CC(=O)CCN1C(=O)C(C)N(C)C1=O. The Morgan fingerprint density at radius 3 is 2.36 bits per heavy atom. The van der Waals surface area contributed by atoms with Gasteiger partial charge in [-0.15, -0.1) is 0 Å². The quantitative estimate of drug-likeness (QED) is 0.611. The molecular weight excluding hydrogens is 184 g/mol. The molecule has 78 valence electrons. The molecule has 1 saturated heterocycles. The smallest absolute Gasteiger partial charge is 0.316 e. The lowest BCUT2D eigenvalue weighted by atomic mass is 10.3.